The number of hydrogen-bond acceptors (Lipinski definition) is 2. The summed E-state index contributed by atoms with van der Waals surface area (Å²) < 4.78 is 6.31. The van der Waals surface area contributed by atoms with E-state index >= 15 is 0 Å². The average molecular weight is 514 g/mol. The van der Waals surface area contributed by atoms with E-state index in [0.717, 1.165) is 39.4 Å². The summed E-state index contributed by atoms with van der Waals surface area (Å²) in [7, 11) is 0. The van der Waals surface area contributed by atoms with Gasteiger partial charge in [0, 0.05) is 22.3 Å². The minimum atomic E-state index is 0.854. The van der Waals surface area contributed by atoms with Crippen molar-refractivity contribution in [3.63, 3.8) is 0 Å². The molecule has 0 aliphatic carbocycles. The Morgan fingerprint density at radius 2 is 0.975 bits per heavy atom. The van der Waals surface area contributed by atoms with Crippen LogP contribution in [0.4, 0.5) is 17.1 Å². The Bertz CT molecular complexity index is 1850. The molecule has 0 aliphatic heterocycles. The molecule has 7 rings (SSSR count). The number of rotatable bonds is 6. The zero-order chi connectivity index (χ0) is 26.7. The van der Waals surface area contributed by atoms with Crippen LogP contribution in [0.15, 0.2) is 168 Å². The van der Waals surface area contributed by atoms with Crippen LogP contribution >= 0.6 is 0 Å². The van der Waals surface area contributed by atoms with Crippen LogP contribution in [0.2, 0.25) is 0 Å². The van der Waals surface area contributed by atoms with Gasteiger partial charge < -0.3 is 9.32 Å². The summed E-state index contributed by atoms with van der Waals surface area (Å²) in [5, 5.41) is 1.10. The Labute approximate surface area is 234 Å². The minimum Gasteiger partial charge on any atom is -0.456 e. The number of furan rings is 1. The first kappa shape index (κ1) is 23.8. The van der Waals surface area contributed by atoms with Gasteiger partial charge in [-0.1, -0.05) is 109 Å². The van der Waals surface area contributed by atoms with Crippen LogP contribution in [-0.4, -0.2) is 0 Å². The van der Waals surface area contributed by atoms with E-state index < -0.39 is 0 Å². The van der Waals surface area contributed by atoms with Crippen LogP contribution < -0.4 is 4.90 Å². The summed E-state index contributed by atoms with van der Waals surface area (Å²) in [6.45, 7) is 0. The van der Waals surface area contributed by atoms with Crippen molar-refractivity contribution in [2.75, 3.05) is 4.90 Å². The first-order valence-corrected chi connectivity index (χ1v) is 13.5. The lowest BCUT2D eigenvalue weighted by Gasteiger charge is -2.27. The largest absolute Gasteiger partial charge is 0.456 e. The van der Waals surface area contributed by atoms with E-state index in [1.807, 2.05) is 18.2 Å². The molecule has 0 saturated heterocycles. The van der Waals surface area contributed by atoms with Crippen molar-refractivity contribution in [3.8, 4) is 33.6 Å². The third kappa shape index (κ3) is 4.57. The van der Waals surface area contributed by atoms with Gasteiger partial charge in [-0.2, -0.15) is 0 Å². The van der Waals surface area contributed by atoms with Crippen molar-refractivity contribution in [1.82, 2.24) is 0 Å². The molecule has 0 saturated carbocycles. The van der Waals surface area contributed by atoms with Crippen molar-refractivity contribution < 1.29 is 4.42 Å². The average Bonchev–Trinajstić information content (AvgIpc) is 3.47. The SMILES string of the molecule is c1ccc(-c2cccc(-c3ccc(N(c4ccccc4)c4ccccc4-c4cc5ccccc5o4)cc3)c2)cc1. The summed E-state index contributed by atoms with van der Waals surface area (Å²) in [6, 6.07) is 57.3. The molecule has 40 heavy (non-hydrogen) atoms. The van der Waals surface area contributed by atoms with Crippen LogP contribution in [0, 0.1) is 0 Å². The molecule has 2 heteroatoms. The quantitative estimate of drug-likeness (QED) is 0.220. The molecule has 0 radical (unpaired) electrons. The highest BCUT2D eigenvalue weighted by Crippen LogP contribution is 2.42. The minimum absolute atomic E-state index is 0.854. The first-order chi connectivity index (χ1) is 19.8. The smallest absolute Gasteiger partial charge is 0.137 e. The van der Waals surface area contributed by atoms with Crippen LogP contribution in [0.1, 0.15) is 0 Å². The molecule has 0 amide bonds. The van der Waals surface area contributed by atoms with Gasteiger partial charge in [-0.15, -0.1) is 0 Å². The molecule has 0 unspecified atom stereocenters. The Morgan fingerprint density at radius 3 is 1.73 bits per heavy atom. The van der Waals surface area contributed by atoms with Gasteiger partial charge in [0.25, 0.3) is 0 Å². The van der Waals surface area contributed by atoms with Gasteiger partial charge in [-0.3, -0.25) is 0 Å². The first-order valence-electron chi connectivity index (χ1n) is 13.5. The van der Waals surface area contributed by atoms with Gasteiger partial charge in [-0.25, -0.2) is 0 Å². The summed E-state index contributed by atoms with van der Waals surface area (Å²) in [6.07, 6.45) is 0. The third-order valence-corrected chi connectivity index (χ3v) is 7.28. The fourth-order valence-corrected chi connectivity index (χ4v) is 5.31. The lowest BCUT2D eigenvalue weighted by Crippen LogP contribution is -2.10. The number of hydrogen-bond donors (Lipinski definition) is 0. The topological polar surface area (TPSA) is 16.4 Å². The van der Waals surface area contributed by atoms with E-state index in [4.69, 9.17) is 4.42 Å². The molecule has 0 fully saturated rings. The molecule has 190 valence electrons. The van der Waals surface area contributed by atoms with E-state index in [9.17, 15) is 0 Å². The molecular formula is C38H27NO. The Balaban J connectivity index is 1.31. The number of fused-ring (bicyclic) bond motifs is 1. The zero-order valence-electron chi connectivity index (χ0n) is 21.9. The highest BCUT2D eigenvalue weighted by molar-refractivity contribution is 5.91. The summed E-state index contributed by atoms with van der Waals surface area (Å²) >= 11 is 0. The molecule has 6 aromatic carbocycles. The second-order valence-corrected chi connectivity index (χ2v) is 9.83. The Morgan fingerprint density at radius 1 is 0.400 bits per heavy atom. The van der Waals surface area contributed by atoms with Crippen LogP contribution in [0.5, 0.6) is 0 Å². The van der Waals surface area contributed by atoms with Crippen molar-refractivity contribution in [2.24, 2.45) is 0 Å². The fraction of sp³-hybridized carbons (Fsp3) is 0. The van der Waals surface area contributed by atoms with Crippen LogP contribution in [-0.2, 0) is 0 Å². The normalized spacial score (nSPS) is 11.0. The van der Waals surface area contributed by atoms with Crippen molar-refractivity contribution >= 4 is 28.0 Å². The molecule has 1 aromatic heterocycles. The molecule has 0 spiro atoms. The van der Waals surface area contributed by atoms with Gasteiger partial charge in [0.05, 0.1) is 5.69 Å². The second kappa shape index (κ2) is 10.4. The molecule has 0 aliphatic rings. The number of benzene rings is 6. The summed E-state index contributed by atoms with van der Waals surface area (Å²) in [4.78, 5) is 2.30. The van der Waals surface area contributed by atoms with Gasteiger partial charge in [0.2, 0.25) is 0 Å². The predicted octanol–water partition coefficient (Wildman–Crippen LogP) is 10.9. The predicted molar refractivity (Wildman–Crippen MR) is 167 cm³/mol. The molecule has 0 N–H and O–H groups in total. The molecular weight excluding hydrogens is 486 g/mol. The van der Waals surface area contributed by atoms with E-state index in [1.165, 1.54) is 22.3 Å². The lowest BCUT2D eigenvalue weighted by atomic mass is 9.99. The highest BCUT2D eigenvalue weighted by Gasteiger charge is 2.19. The fourth-order valence-electron chi connectivity index (χ4n) is 5.31. The van der Waals surface area contributed by atoms with Gasteiger partial charge in [0.1, 0.15) is 11.3 Å². The molecule has 7 aromatic rings. The number of nitrogens with zero attached hydrogens (tertiary/aromatic N) is 1. The highest BCUT2D eigenvalue weighted by atomic mass is 16.3. The van der Waals surface area contributed by atoms with Gasteiger partial charge in [0.15, 0.2) is 0 Å². The molecule has 0 atom stereocenters. The van der Waals surface area contributed by atoms with Crippen LogP contribution in [0.25, 0.3) is 44.5 Å². The third-order valence-electron chi connectivity index (χ3n) is 7.28. The van der Waals surface area contributed by atoms with Crippen molar-refractivity contribution in [1.29, 1.82) is 0 Å². The maximum absolute atomic E-state index is 6.31. The summed E-state index contributed by atoms with van der Waals surface area (Å²) in [5.74, 6) is 0.854. The van der Waals surface area contributed by atoms with Gasteiger partial charge >= 0.3 is 0 Å². The lowest BCUT2D eigenvalue weighted by molar-refractivity contribution is 0.631. The zero-order valence-corrected chi connectivity index (χ0v) is 21.9. The van der Waals surface area contributed by atoms with Crippen LogP contribution in [0.3, 0.4) is 0 Å². The van der Waals surface area contributed by atoms with E-state index in [0.29, 0.717) is 0 Å². The second-order valence-electron chi connectivity index (χ2n) is 9.83. The molecule has 0 bridgehead atoms. The van der Waals surface area contributed by atoms with Crippen molar-refractivity contribution in [3.05, 3.63) is 164 Å². The monoisotopic (exact) mass is 513 g/mol. The molecule has 2 nitrogen and oxygen atoms in total. The van der Waals surface area contributed by atoms with E-state index in [1.54, 1.807) is 0 Å². The standard InChI is InChI=1S/C38H27NO/c1-3-12-28(13-4-1)30-15-11-16-31(26-30)29-22-24-34(25-23-29)39(33-17-5-2-6-18-33)36-20-9-8-19-35(36)38-27-32-14-7-10-21-37(32)40-38/h1-27H. The molecule has 1 heterocycles. The van der Waals surface area contributed by atoms with Crippen molar-refractivity contribution in [2.45, 2.75) is 0 Å². The number of anilines is 3. The van der Waals surface area contributed by atoms with E-state index in [2.05, 4.69) is 150 Å². The Hall–Kier alpha value is -5.34. The Kier molecular flexibility index (Phi) is 6.20. The van der Waals surface area contributed by atoms with Gasteiger partial charge in [-0.05, 0) is 76.9 Å². The summed E-state index contributed by atoms with van der Waals surface area (Å²) in [5.41, 5.74) is 9.98. The van der Waals surface area contributed by atoms with E-state index in [-0.39, 0.29) is 0 Å². The number of para-hydroxylation sites is 3. The maximum atomic E-state index is 6.31. The maximum Gasteiger partial charge on any atom is 0.137 e.